The van der Waals surface area contributed by atoms with Crippen molar-refractivity contribution in [3.8, 4) is 5.75 Å². The first kappa shape index (κ1) is 26.9. The van der Waals surface area contributed by atoms with Gasteiger partial charge in [0.15, 0.2) is 5.69 Å². The van der Waals surface area contributed by atoms with Crippen LogP contribution in [0.4, 0.5) is 18.9 Å². The Bertz CT molecular complexity index is 1090. The number of carbonyl (C=O) groups excluding carboxylic acids is 1. The number of alkyl halides is 3. The molecule has 1 saturated heterocycles. The van der Waals surface area contributed by atoms with Gasteiger partial charge in [-0.25, -0.2) is 0 Å². The summed E-state index contributed by atoms with van der Waals surface area (Å²) in [7, 11) is 1.58. The van der Waals surface area contributed by atoms with E-state index in [1.165, 1.54) is 32.6 Å². The van der Waals surface area contributed by atoms with E-state index < -0.39 is 16.9 Å². The third-order valence-corrected chi connectivity index (χ3v) is 7.70. The summed E-state index contributed by atoms with van der Waals surface area (Å²) in [5.74, 6) is 0.281. The summed E-state index contributed by atoms with van der Waals surface area (Å²) in [4.78, 5) is 16.7. The second kappa shape index (κ2) is 11.1. The maximum atomic E-state index is 13.1. The molecule has 0 radical (unpaired) electrons. The molecule has 198 valence electrons. The smallest absolute Gasteiger partial charge is 0.436 e. The molecule has 1 aromatic heterocycles. The number of nitrogens with one attached hydrogen (secondary N) is 1. The van der Waals surface area contributed by atoms with Crippen LogP contribution in [-0.2, 0) is 24.1 Å². The number of amides is 1. The van der Waals surface area contributed by atoms with Crippen LogP contribution in [0.5, 0.6) is 5.75 Å². The summed E-state index contributed by atoms with van der Waals surface area (Å²) >= 11 is 12.2. The molecule has 2 fully saturated rings. The van der Waals surface area contributed by atoms with Gasteiger partial charge in [0.2, 0.25) is 5.91 Å². The van der Waals surface area contributed by atoms with Crippen LogP contribution in [-0.4, -0.2) is 59.9 Å². The van der Waals surface area contributed by atoms with E-state index >= 15 is 0 Å². The largest absolute Gasteiger partial charge is 0.495 e. The number of hydrogen-bond donors (Lipinski definition) is 1. The van der Waals surface area contributed by atoms with Gasteiger partial charge in [-0.3, -0.25) is 9.48 Å². The second-order valence-electron chi connectivity index (χ2n) is 9.25. The fourth-order valence-electron chi connectivity index (χ4n) is 4.84. The molecule has 0 bridgehead atoms. The number of halogens is 5. The van der Waals surface area contributed by atoms with Crippen molar-refractivity contribution >= 4 is 34.8 Å². The Morgan fingerprint density at radius 1 is 1.17 bits per heavy atom. The summed E-state index contributed by atoms with van der Waals surface area (Å²) in [5, 5.41) is 7.24. The van der Waals surface area contributed by atoms with Crippen LogP contribution < -0.4 is 15.0 Å². The lowest BCUT2D eigenvalue weighted by Crippen LogP contribution is -2.50. The van der Waals surface area contributed by atoms with Crippen molar-refractivity contribution in [2.24, 2.45) is 0 Å². The van der Waals surface area contributed by atoms with Gasteiger partial charge in [-0.05, 0) is 31.4 Å². The molecule has 2 aliphatic rings. The lowest BCUT2D eigenvalue weighted by Gasteiger charge is -2.37. The molecule has 1 aliphatic heterocycles. The van der Waals surface area contributed by atoms with Gasteiger partial charge in [-0.15, -0.1) is 0 Å². The number of methoxy groups -OCH3 is 1. The van der Waals surface area contributed by atoms with Crippen LogP contribution in [0, 0.1) is 6.92 Å². The average molecular weight is 548 g/mol. The van der Waals surface area contributed by atoms with Crippen molar-refractivity contribution in [3.05, 3.63) is 39.1 Å². The standard InChI is InChI=1S/C24H30Cl2F3N5O2/c1-15-22(26)23(24(27,28)29)31-34(15)14-21(35)33-9-7-32(8-10-33)19-12-20(36-2)18(25)11-16(19)13-30-17-5-3-4-6-17/h11-12,17,30H,3-10,13-14H2,1-2H3. The van der Waals surface area contributed by atoms with Crippen molar-refractivity contribution in [2.75, 3.05) is 38.2 Å². The van der Waals surface area contributed by atoms with Crippen molar-refractivity contribution in [1.82, 2.24) is 20.0 Å². The Kier molecular flexibility index (Phi) is 8.26. The highest BCUT2D eigenvalue weighted by Gasteiger charge is 2.38. The van der Waals surface area contributed by atoms with Gasteiger partial charge in [0, 0.05) is 50.5 Å². The van der Waals surface area contributed by atoms with E-state index in [1.807, 2.05) is 12.1 Å². The molecule has 1 amide bonds. The van der Waals surface area contributed by atoms with Gasteiger partial charge in [0.05, 0.1) is 22.8 Å². The first-order valence-corrected chi connectivity index (χ1v) is 12.8. The number of piperazine rings is 1. The van der Waals surface area contributed by atoms with Gasteiger partial charge in [0.1, 0.15) is 12.3 Å². The van der Waals surface area contributed by atoms with Gasteiger partial charge in [-0.2, -0.15) is 18.3 Å². The SMILES string of the molecule is COc1cc(N2CCN(C(=O)Cn3nc(C(F)(F)F)c(Cl)c3C)CC2)c(CNC2CCCC2)cc1Cl. The van der Waals surface area contributed by atoms with Crippen molar-refractivity contribution < 1.29 is 22.7 Å². The molecule has 0 unspecified atom stereocenters. The van der Waals surface area contributed by atoms with Crippen LogP contribution >= 0.6 is 23.2 Å². The Morgan fingerprint density at radius 2 is 1.83 bits per heavy atom. The predicted octanol–water partition coefficient (Wildman–Crippen LogP) is 4.91. The van der Waals surface area contributed by atoms with Crippen LogP contribution in [0.1, 0.15) is 42.6 Å². The number of anilines is 1. The molecule has 1 aliphatic carbocycles. The zero-order valence-corrected chi connectivity index (χ0v) is 21.8. The summed E-state index contributed by atoms with van der Waals surface area (Å²) in [6.45, 7) is 3.81. The third-order valence-electron chi connectivity index (χ3n) is 6.95. The van der Waals surface area contributed by atoms with Crippen molar-refractivity contribution in [2.45, 2.75) is 57.9 Å². The number of hydrogen-bond acceptors (Lipinski definition) is 5. The zero-order valence-electron chi connectivity index (χ0n) is 20.3. The van der Waals surface area contributed by atoms with Crippen molar-refractivity contribution in [1.29, 1.82) is 0 Å². The average Bonchev–Trinajstić information content (AvgIpc) is 3.46. The second-order valence-corrected chi connectivity index (χ2v) is 10.0. The van der Waals surface area contributed by atoms with E-state index in [-0.39, 0.29) is 18.1 Å². The molecular formula is C24H30Cl2F3N5O2. The Balaban J connectivity index is 1.42. The van der Waals surface area contributed by atoms with Gasteiger partial charge >= 0.3 is 6.18 Å². The molecule has 7 nitrogen and oxygen atoms in total. The summed E-state index contributed by atoms with van der Waals surface area (Å²) in [5.41, 5.74) is 1.01. The molecule has 1 aromatic carbocycles. The van der Waals surface area contributed by atoms with Crippen LogP contribution in [0.25, 0.3) is 0 Å². The Labute approximate surface area is 218 Å². The predicted molar refractivity (Wildman–Crippen MR) is 133 cm³/mol. The van der Waals surface area contributed by atoms with Crippen LogP contribution in [0.2, 0.25) is 10.0 Å². The van der Waals surface area contributed by atoms with Gasteiger partial charge in [-0.1, -0.05) is 36.0 Å². The molecule has 1 N–H and O–H groups in total. The molecule has 0 atom stereocenters. The summed E-state index contributed by atoms with van der Waals surface area (Å²) < 4.78 is 45.8. The molecular weight excluding hydrogens is 518 g/mol. The molecule has 1 saturated carbocycles. The van der Waals surface area contributed by atoms with Gasteiger partial charge < -0.3 is 19.9 Å². The first-order valence-electron chi connectivity index (χ1n) is 12.0. The Hall–Kier alpha value is -2.17. The topological polar surface area (TPSA) is 62.6 Å². The van der Waals surface area contributed by atoms with E-state index in [4.69, 9.17) is 27.9 Å². The lowest BCUT2D eigenvalue weighted by atomic mass is 10.1. The molecule has 0 spiro atoms. The van der Waals surface area contributed by atoms with E-state index in [9.17, 15) is 18.0 Å². The fourth-order valence-corrected chi connectivity index (χ4v) is 5.35. The highest BCUT2D eigenvalue weighted by molar-refractivity contribution is 6.32. The number of rotatable bonds is 7. The molecule has 12 heteroatoms. The minimum atomic E-state index is -4.67. The summed E-state index contributed by atoms with van der Waals surface area (Å²) in [6, 6.07) is 4.36. The van der Waals surface area contributed by atoms with Gasteiger partial charge in [0.25, 0.3) is 0 Å². The maximum absolute atomic E-state index is 13.1. The fraction of sp³-hybridized carbons (Fsp3) is 0.583. The minimum Gasteiger partial charge on any atom is -0.495 e. The maximum Gasteiger partial charge on any atom is 0.436 e. The first-order chi connectivity index (χ1) is 17.1. The highest BCUT2D eigenvalue weighted by Crippen LogP contribution is 2.36. The number of aromatic nitrogens is 2. The van der Waals surface area contributed by atoms with E-state index in [0.717, 1.165) is 15.9 Å². The van der Waals surface area contributed by atoms with Crippen molar-refractivity contribution in [3.63, 3.8) is 0 Å². The normalized spacial score (nSPS) is 17.2. The molecule has 2 heterocycles. The van der Waals surface area contributed by atoms with E-state index in [1.54, 1.807) is 12.0 Å². The van der Waals surface area contributed by atoms with Crippen LogP contribution in [0.15, 0.2) is 12.1 Å². The highest BCUT2D eigenvalue weighted by atomic mass is 35.5. The monoisotopic (exact) mass is 547 g/mol. The number of carbonyl (C=O) groups is 1. The number of benzene rings is 1. The minimum absolute atomic E-state index is 0.114. The number of nitrogens with zero attached hydrogens (tertiary/aromatic N) is 4. The quantitative estimate of drug-likeness (QED) is 0.533. The lowest BCUT2D eigenvalue weighted by molar-refractivity contribution is -0.142. The Morgan fingerprint density at radius 3 is 2.42 bits per heavy atom. The molecule has 36 heavy (non-hydrogen) atoms. The summed E-state index contributed by atoms with van der Waals surface area (Å²) in [6.07, 6.45) is 0.153. The number of ether oxygens (including phenoxy) is 1. The van der Waals surface area contributed by atoms with Crippen LogP contribution in [0.3, 0.4) is 0 Å². The van der Waals surface area contributed by atoms with E-state index in [0.29, 0.717) is 49.5 Å². The molecule has 2 aromatic rings. The third kappa shape index (κ3) is 5.86. The zero-order chi connectivity index (χ0) is 26.0. The van der Waals surface area contributed by atoms with E-state index in [2.05, 4.69) is 15.3 Å². The molecule has 4 rings (SSSR count).